The van der Waals surface area contributed by atoms with Crippen LogP contribution < -0.4 is 4.74 Å². The van der Waals surface area contributed by atoms with Crippen molar-refractivity contribution in [1.29, 1.82) is 0 Å². The van der Waals surface area contributed by atoms with Crippen molar-refractivity contribution in [2.24, 2.45) is 0 Å². The predicted molar refractivity (Wildman–Crippen MR) is 67.3 cm³/mol. The molecule has 1 rings (SSSR count). The highest BCUT2D eigenvalue weighted by molar-refractivity contribution is 5.79. The number of carbonyl (C=O) groups is 1. The number of aliphatic carboxylic acids is 1. The molecule has 1 N–H and O–H groups in total. The maximum atomic E-state index is 13.2. The average Bonchev–Trinajstić information content (AvgIpc) is 2.31. The first-order valence-corrected chi connectivity index (χ1v) is 5.87. The van der Waals surface area contributed by atoms with E-state index in [-0.39, 0.29) is 11.9 Å². The van der Waals surface area contributed by atoms with Crippen LogP contribution in [0.1, 0.15) is 25.8 Å². The zero-order valence-electron chi connectivity index (χ0n) is 10.5. The van der Waals surface area contributed by atoms with Crippen LogP contribution in [0.5, 0.6) is 5.75 Å². The summed E-state index contributed by atoms with van der Waals surface area (Å²) < 4.78 is 18.8. The minimum absolute atomic E-state index is 0.00555. The largest absolute Gasteiger partial charge is 0.490 e. The van der Waals surface area contributed by atoms with E-state index < -0.39 is 5.97 Å². The lowest BCUT2D eigenvalue weighted by Gasteiger charge is -2.15. The van der Waals surface area contributed by atoms with Crippen molar-refractivity contribution in [3.05, 3.63) is 41.7 Å². The van der Waals surface area contributed by atoms with Crippen LogP contribution in [0.15, 0.2) is 30.4 Å². The van der Waals surface area contributed by atoms with Gasteiger partial charge in [0.25, 0.3) is 0 Å². The van der Waals surface area contributed by atoms with Gasteiger partial charge in [-0.05, 0) is 31.4 Å². The van der Waals surface area contributed by atoms with Crippen LogP contribution in [0.2, 0.25) is 0 Å². The summed E-state index contributed by atoms with van der Waals surface area (Å²) in [5.41, 5.74) is 0.772. The van der Waals surface area contributed by atoms with Crippen molar-refractivity contribution >= 4 is 5.97 Å². The Kier molecular flexibility index (Phi) is 5.36. The monoisotopic (exact) mass is 252 g/mol. The SMILES string of the molecule is CCC(C)Oc1cc(F)ccc1CC=CC(=O)O. The molecule has 0 saturated carbocycles. The van der Waals surface area contributed by atoms with E-state index in [0.29, 0.717) is 12.2 Å². The molecule has 4 heteroatoms. The third-order valence-corrected chi connectivity index (χ3v) is 2.53. The smallest absolute Gasteiger partial charge is 0.327 e. The lowest BCUT2D eigenvalue weighted by atomic mass is 10.1. The normalized spacial score (nSPS) is 12.6. The van der Waals surface area contributed by atoms with Gasteiger partial charge in [-0.25, -0.2) is 9.18 Å². The molecule has 0 aromatic heterocycles. The molecule has 3 nitrogen and oxygen atoms in total. The Labute approximate surface area is 106 Å². The van der Waals surface area contributed by atoms with Crippen molar-refractivity contribution in [2.45, 2.75) is 32.8 Å². The number of halogens is 1. The highest BCUT2D eigenvalue weighted by Gasteiger charge is 2.08. The van der Waals surface area contributed by atoms with Crippen LogP contribution in [0.3, 0.4) is 0 Å². The molecule has 0 amide bonds. The number of ether oxygens (including phenoxy) is 1. The van der Waals surface area contributed by atoms with E-state index in [1.165, 1.54) is 18.2 Å². The number of benzene rings is 1. The molecule has 0 aliphatic rings. The van der Waals surface area contributed by atoms with Crippen molar-refractivity contribution in [2.75, 3.05) is 0 Å². The van der Waals surface area contributed by atoms with Crippen LogP contribution in [0.25, 0.3) is 0 Å². The van der Waals surface area contributed by atoms with Gasteiger partial charge < -0.3 is 9.84 Å². The molecule has 1 unspecified atom stereocenters. The number of allylic oxidation sites excluding steroid dienone is 1. The van der Waals surface area contributed by atoms with Crippen LogP contribution in [-0.2, 0) is 11.2 Å². The third kappa shape index (κ3) is 4.57. The molecule has 0 aliphatic carbocycles. The maximum absolute atomic E-state index is 13.2. The van der Waals surface area contributed by atoms with E-state index in [9.17, 15) is 9.18 Å². The topological polar surface area (TPSA) is 46.5 Å². The number of hydrogen-bond acceptors (Lipinski definition) is 2. The van der Waals surface area contributed by atoms with Crippen molar-refractivity contribution < 1.29 is 19.0 Å². The highest BCUT2D eigenvalue weighted by Crippen LogP contribution is 2.22. The van der Waals surface area contributed by atoms with Crippen LogP contribution in [0, 0.1) is 5.82 Å². The second-order valence-electron chi connectivity index (χ2n) is 4.03. The summed E-state index contributed by atoms with van der Waals surface area (Å²) >= 11 is 0. The van der Waals surface area contributed by atoms with E-state index in [4.69, 9.17) is 9.84 Å². The summed E-state index contributed by atoms with van der Waals surface area (Å²) in [6.45, 7) is 3.88. The second-order valence-corrected chi connectivity index (χ2v) is 4.03. The summed E-state index contributed by atoms with van der Waals surface area (Å²) in [5, 5.41) is 8.51. The third-order valence-electron chi connectivity index (χ3n) is 2.53. The van der Waals surface area contributed by atoms with Crippen LogP contribution in [-0.4, -0.2) is 17.2 Å². The zero-order chi connectivity index (χ0) is 13.5. The van der Waals surface area contributed by atoms with Gasteiger partial charge in [-0.1, -0.05) is 19.1 Å². The van der Waals surface area contributed by atoms with Crippen molar-refractivity contribution in [3.63, 3.8) is 0 Å². The molecule has 1 aromatic carbocycles. The Balaban J connectivity index is 2.85. The fraction of sp³-hybridized carbons (Fsp3) is 0.357. The Bertz CT molecular complexity index is 441. The standard InChI is InChI=1S/C14H17FO3/c1-3-10(2)18-13-9-12(15)8-7-11(13)5-4-6-14(16)17/h4,6-10H,3,5H2,1-2H3,(H,16,17). The first-order chi connectivity index (χ1) is 8.52. The number of carboxylic acids is 1. The molecule has 1 atom stereocenters. The van der Waals surface area contributed by atoms with E-state index >= 15 is 0 Å². The van der Waals surface area contributed by atoms with E-state index in [1.807, 2.05) is 13.8 Å². The van der Waals surface area contributed by atoms with Gasteiger partial charge in [0.2, 0.25) is 0 Å². The predicted octanol–water partition coefficient (Wildman–Crippen LogP) is 3.19. The fourth-order valence-corrected chi connectivity index (χ4v) is 1.39. The van der Waals surface area contributed by atoms with Gasteiger partial charge in [-0.2, -0.15) is 0 Å². The molecule has 18 heavy (non-hydrogen) atoms. The lowest BCUT2D eigenvalue weighted by Crippen LogP contribution is -2.11. The first kappa shape index (κ1) is 14.2. The molecule has 0 saturated heterocycles. The molecular weight excluding hydrogens is 235 g/mol. The minimum atomic E-state index is -0.999. The minimum Gasteiger partial charge on any atom is -0.490 e. The van der Waals surface area contributed by atoms with Crippen molar-refractivity contribution in [1.82, 2.24) is 0 Å². The summed E-state index contributed by atoms with van der Waals surface area (Å²) in [7, 11) is 0. The van der Waals surface area contributed by atoms with Gasteiger partial charge in [-0.15, -0.1) is 0 Å². The molecule has 1 aromatic rings. The van der Waals surface area contributed by atoms with Gasteiger partial charge in [0.15, 0.2) is 0 Å². The molecular formula is C14H17FO3. The van der Waals surface area contributed by atoms with Gasteiger partial charge >= 0.3 is 5.97 Å². The quantitative estimate of drug-likeness (QED) is 0.791. The van der Waals surface area contributed by atoms with Gasteiger partial charge in [0.05, 0.1) is 6.10 Å². The fourth-order valence-electron chi connectivity index (χ4n) is 1.39. The summed E-state index contributed by atoms with van der Waals surface area (Å²) in [6.07, 6.45) is 3.79. The Hall–Kier alpha value is -1.84. The summed E-state index contributed by atoms with van der Waals surface area (Å²) in [4.78, 5) is 10.4. The van der Waals surface area contributed by atoms with Crippen LogP contribution >= 0.6 is 0 Å². The van der Waals surface area contributed by atoms with Gasteiger partial charge in [-0.3, -0.25) is 0 Å². The molecule has 0 fully saturated rings. The second kappa shape index (κ2) is 6.79. The Morgan fingerprint density at radius 1 is 1.56 bits per heavy atom. The van der Waals surface area contributed by atoms with E-state index in [0.717, 1.165) is 18.1 Å². The Morgan fingerprint density at radius 3 is 2.89 bits per heavy atom. The number of hydrogen-bond donors (Lipinski definition) is 1. The number of rotatable bonds is 6. The summed E-state index contributed by atoms with van der Waals surface area (Å²) in [5.74, 6) is -0.889. The lowest BCUT2D eigenvalue weighted by molar-refractivity contribution is -0.131. The molecule has 0 radical (unpaired) electrons. The summed E-state index contributed by atoms with van der Waals surface area (Å²) in [6, 6.07) is 4.28. The van der Waals surface area contributed by atoms with Crippen LogP contribution in [0.4, 0.5) is 4.39 Å². The average molecular weight is 252 g/mol. The zero-order valence-corrected chi connectivity index (χ0v) is 10.5. The molecule has 0 spiro atoms. The maximum Gasteiger partial charge on any atom is 0.327 e. The Morgan fingerprint density at radius 2 is 2.28 bits per heavy atom. The first-order valence-electron chi connectivity index (χ1n) is 5.87. The molecule has 98 valence electrons. The van der Waals surface area contributed by atoms with Gasteiger partial charge in [0.1, 0.15) is 11.6 Å². The van der Waals surface area contributed by atoms with Crippen molar-refractivity contribution in [3.8, 4) is 5.75 Å². The van der Waals surface area contributed by atoms with Gasteiger partial charge in [0, 0.05) is 12.1 Å². The molecule has 0 heterocycles. The highest BCUT2D eigenvalue weighted by atomic mass is 19.1. The van der Waals surface area contributed by atoms with E-state index in [1.54, 1.807) is 6.07 Å². The molecule has 0 bridgehead atoms. The van der Waals surface area contributed by atoms with E-state index in [2.05, 4.69) is 0 Å². The number of carboxylic acid groups (broad SMARTS) is 1. The molecule has 0 aliphatic heterocycles.